The van der Waals surface area contributed by atoms with Crippen LogP contribution in [0.3, 0.4) is 0 Å². The molecule has 0 bridgehead atoms. The van der Waals surface area contributed by atoms with E-state index in [0.717, 1.165) is 39.0 Å². The summed E-state index contributed by atoms with van der Waals surface area (Å²) in [5.41, 5.74) is 2.74. The Hall–Kier alpha value is -1.69. The van der Waals surface area contributed by atoms with Gasteiger partial charge in [0.1, 0.15) is 5.82 Å². The van der Waals surface area contributed by atoms with Gasteiger partial charge in [-0.05, 0) is 19.3 Å². The molecule has 4 rings (SSSR count). The molecule has 1 aliphatic heterocycles. The monoisotopic (exact) mass is 272 g/mol. The van der Waals surface area contributed by atoms with Crippen molar-refractivity contribution in [3.63, 3.8) is 0 Å². The summed E-state index contributed by atoms with van der Waals surface area (Å²) in [5.74, 6) is 2.05. The van der Waals surface area contributed by atoms with Crippen molar-refractivity contribution < 1.29 is 0 Å². The van der Waals surface area contributed by atoms with Crippen molar-refractivity contribution in [2.24, 2.45) is 0 Å². The molecule has 0 radical (unpaired) electrons. The van der Waals surface area contributed by atoms with E-state index in [1.54, 1.807) is 6.20 Å². The Labute approximate surface area is 118 Å². The molecule has 2 aromatic rings. The fourth-order valence-corrected chi connectivity index (χ4v) is 3.04. The summed E-state index contributed by atoms with van der Waals surface area (Å²) in [6, 6.07) is 0. The molecular weight excluding hydrogens is 252 g/mol. The maximum atomic E-state index is 4.89. The van der Waals surface area contributed by atoms with Crippen LogP contribution in [0.15, 0.2) is 12.4 Å². The van der Waals surface area contributed by atoms with Crippen LogP contribution < -0.4 is 5.32 Å². The van der Waals surface area contributed by atoms with Crippen molar-refractivity contribution in [2.75, 3.05) is 6.54 Å². The molecule has 6 heteroatoms. The minimum absolute atomic E-state index is 0.715. The van der Waals surface area contributed by atoms with E-state index in [1.807, 2.05) is 10.9 Å². The predicted octanol–water partition coefficient (Wildman–Crippen LogP) is 1.09. The molecule has 20 heavy (non-hydrogen) atoms. The second-order valence-electron chi connectivity index (χ2n) is 5.74. The zero-order chi connectivity index (χ0) is 13.4. The smallest absolute Gasteiger partial charge is 0.112 e. The molecule has 106 valence electrons. The van der Waals surface area contributed by atoms with Crippen LogP contribution in [-0.2, 0) is 26.1 Å². The fraction of sp³-hybridized carbons (Fsp3) is 0.643. The summed E-state index contributed by atoms with van der Waals surface area (Å²) in [4.78, 5) is 4.89. The third-order valence-electron chi connectivity index (χ3n) is 4.20. The van der Waals surface area contributed by atoms with Crippen LogP contribution in [0.25, 0.3) is 0 Å². The van der Waals surface area contributed by atoms with Gasteiger partial charge in [0, 0.05) is 50.4 Å². The van der Waals surface area contributed by atoms with Gasteiger partial charge in [0.15, 0.2) is 0 Å². The molecule has 0 spiro atoms. The first-order valence-corrected chi connectivity index (χ1v) is 7.55. The highest BCUT2D eigenvalue weighted by molar-refractivity contribution is 5.24. The first kappa shape index (κ1) is 12.1. The van der Waals surface area contributed by atoms with Crippen LogP contribution in [0, 0.1) is 0 Å². The van der Waals surface area contributed by atoms with Crippen LogP contribution in [0.1, 0.15) is 42.4 Å². The van der Waals surface area contributed by atoms with E-state index in [-0.39, 0.29) is 0 Å². The standard InChI is InChI=1S/C14H20N6/c1(7-19-9-6-16-18-19)8-20-13-4-5-15-10-12(13)17-14(20)11-2-3-11/h6,9,11,15H,1-5,7-8,10H2. The van der Waals surface area contributed by atoms with E-state index in [0.29, 0.717) is 5.92 Å². The SMILES string of the molecule is c1cn(CCCn2c(C3CC3)nc3c2CCNC3)nn1. The van der Waals surface area contributed by atoms with Crippen LogP contribution in [0.4, 0.5) is 0 Å². The Balaban J connectivity index is 1.51. The number of aryl methyl sites for hydroxylation is 1. The molecule has 2 aliphatic rings. The Kier molecular flexibility index (Phi) is 3.03. The topological polar surface area (TPSA) is 60.6 Å². The van der Waals surface area contributed by atoms with Gasteiger partial charge in [-0.15, -0.1) is 5.10 Å². The molecular formula is C14H20N6. The van der Waals surface area contributed by atoms with Crippen molar-refractivity contribution >= 4 is 0 Å². The van der Waals surface area contributed by atoms with E-state index in [1.165, 1.54) is 30.1 Å². The lowest BCUT2D eigenvalue weighted by atomic mass is 10.2. The van der Waals surface area contributed by atoms with Crippen molar-refractivity contribution in [2.45, 2.75) is 51.2 Å². The normalized spacial score (nSPS) is 18.2. The third-order valence-corrected chi connectivity index (χ3v) is 4.20. The summed E-state index contributed by atoms with van der Waals surface area (Å²) in [5, 5.41) is 11.3. The van der Waals surface area contributed by atoms with Gasteiger partial charge in [-0.25, -0.2) is 4.98 Å². The summed E-state index contributed by atoms with van der Waals surface area (Å²) in [6.07, 6.45) is 8.48. The summed E-state index contributed by atoms with van der Waals surface area (Å²) in [6.45, 7) is 3.99. The number of hydrogen-bond donors (Lipinski definition) is 1. The van der Waals surface area contributed by atoms with Gasteiger partial charge in [0.25, 0.3) is 0 Å². The lowest BCUT2D eigenvalue weighted by molar-refractivity contribution is 0.493. The number of rotatable bonds is 5. The molecule has 0 unspecified atom stereocenters. The quantitative estimate of drug-likeness (QED) is 0.885. The van der Waals surface area contributed by atoms with Crippen molar-refractivity contribution in [3.05, 3.63) is 29.6 Å². The van der Waals surface area contributed by atoms with Crippen molar-refractivity contribution in [1.29, 1.82) is 0 Å². The van der Waals surface area contributed by atoms with Gasteiger partial charge in [0.2, 0.25) is 0 Å². The number of aromatic nitrogens is 5. The number of fused-ring (bicyclic) bond motifs is 1. The molecule has 6 nitrogen and oxygen atoms in total. The molecule has 3 heterocycles. The third kappa shape index (κ3) is 2.24. The van der Waals surface area contributed by atoms with Crippen LogP contribution in [0.5, 0.6) is 0 Å². The van der Waals surface area contributed by atoms with Gasteiger partial charge in [-0.3, -0.25) is 4.68 Å². The van der Waals surface area contributed by atoms with Gasteiger partial charge < -0.3 is 9.88 Å². The molecule has 1 N–H and O–H groups in total. The largest absolute Gasteiger partial charge is 0.331 e. The van der Waals surface area contributed by atoms with E-state index in [4.69, 9.17) is 4.98 Å². The molecule has 1 saturated carbocycles. The fourth-order valence-electron chi connectivity index (χ4n) is 3.04. The average molecular weight is 272 g/mol. The van der Waals surface area contributed by atoms with Crippen molar-refractivity contribution in [1.82, 2.24) is 29.9 Å². The summed E-state index contributed by atoms with van der Waals surface area (Å²) >= 11 is 0. The molecule has 1 fully saturated rings. The number of imidazole rings is 1. The zero-order valence-electron chi connectivity index (χ0n) is 11.6. The lowest BCUT2D eigenvalue weighted by Crippen LogP contribution is -2.25. The number of hydrogen-bond acceptors (Lipinski definition) is 4. The van der Waals surface area contributed by atoms with Crippen LogP contribution >= 0.6 is 0 Å². The minimum Gasteiger partial charge on any atom is -0.331 e. The number of nitrogens with one attached hydrogen (secondary N) is 1. The van der Waals surface area contributed by atoms with Crippen molar-refractivity contribution in [3.8, 4) is 0 Å². The predicted molar refractivity (Wildman–Crippen MR) is 74.3 cm³/mol. The molecule has 0 atom stereocenters. The van der Waals surface area contributed by atoms with Crippen LogP contribution in [-0.4, -0.2) is 31.1 Å². The van der Waals surface area contributed by atoms with E-state index >= 15 is 0 Å². The molecule has 0 saturated heterocycles. The first-order valence-electron chi connectivity index (χ1n) is 7.55. The summed E-state index contributed by atoms with van der Waals surface area (Å²) < 4.78 is 4.40. The van der Waals surface area contributed by atoms with Crippen LogP contribution in [0.2, 0.25) is 0 Å². The van der Waals surface area contributed by atoms with Gasteiger partial charge in [-0.2, -0.15) is 0 Å². The van der Waals surface area contributed by atoms with Gasteiger partial charge >= 0.3 is 0 Å². The Morgan fingerprint density at radius 3 is 3.05 bits per heavy atom. The van der Waals surface area contributed by atoms with Gasteiger partial charge in [0.05, 0.1) is 11.9 Å². The Morgan fingerprint density at radius 2 is 2.25 bits per heavy atom. The van der Waals surface area contributed by atoms with E-state index in [2.05, 4.69) is 20.2 Å². The molecule has 0 amide bonds. The Bertz CT molecular complexity index is 581. The van der Waals surface area contributed by atoms with E-state index in [9.17, 15) is 0 Å². The molecule has 2 aromatic heterocycles. The minimum atomic E-state index is 0.715. The number of nitrogens with zero attached hydrogens (tertiary/aromatic N) is 5. The molecule has 1 aliphatic carbocycles. The highest BCUT2D eigenvalue weighted by atomic mass is 15.4. The molecule has 0 aromatic carbocycles. The maximum Gasteiger partial charge on any atom is 0.112 e. The maximum absolute atomic E-state index is 4.89. The highest BCUT2D eigenvalue weighted by Gasteiger charge is 2.31. The second-order valence-corrected chi connectivity index (χ2v) is 5.74. The first-order chi connectivity index (χ1) is 9.92. The lowest BCUT2D eigenvalue weighted by Gasteiger charge is -2.16. The average Bonchev–Trinajstić information content (AvgIpc) is 3.06. The highest BCUT2D eigenvalue weighted by Crippen LogP contribution is 2.40. The van der Waals surface area contributed by atoms with Gasteiger partial charge in [-0.1, -0.05) is 5.21 Å². The van der Waals surface area contributed by atoms with E-state index < -0.39 is 0 Å². The summed E-state index contributed by atoms with van der Waals surface area (Å²) in [7, 11) is 0. The zero-order valence-corrected chi connectivity index (χ0v) is 11.6. The Morgan fingerprint density at radius 1 is 1.30 bits per heavy atom. The second kappa shape index (κ2) is 5.01.